The highest BCUT2D eigenvalue weighted by Gasteiger charge is 2.31. The molecule has 2 atom stereocenters. The number of nitrogens with zero attached hydrogens (tertiary/aromatic N) is 2. The number of hydrogen-bond donors (Lipinski definition) is 1. The monoisotopic (exact) mass is 222 g/mol. The average molecular weight is 222 g/mol. The molecule has 1 aromatic carbocycles. The number of benzene rings is 1. The minimum atomic E-state index is -0.871. The molecule has 1 heterocycles. The Morgan fingerprint density at radius 2 is 2.31 bits per heavy atom. The second-order valence-corrected chi connectivity index (χ2v) is 3.74. The van der Waals surface area contributed by atoms with Crippen molar-refractivity contribution in [3.8, 4) is 6.07 Å². The van der Waals surface area contributed by atoms with Crippen molar-refractivity contribution in [3.05, 3.63) is 35.1 Å². The van der Waals surface area contributed by atoms with Crippen LogP contribution in [-0.2, 0) is 4.84 Å². The molecule has 1 fully saturated rings. The summed E-state index contributed by atoms with van der Waals surface area (Å²) in [5.74, 6) is -0.455. The molecule has 84 valence electrons. The second-order valence-electron chi connectivity index (χ2n) is 3.74. The van der Waals surface area contributed by atoms with Crippen LogP contribution < -0.4 is 0 Å². The topological polar surface area (TPSA) is 56.5 Å². The van der Waals surface area contributed by atoms with E-state index in [9.17, 15) is 9.50 Å². The van der Waals surface area contributed by atoms with Gasteiger partial charge in [0.2, 0.25) is 0 Å². The Labute approximate surface area is 92.4 Å². The third kappa shape index (κ3) is 2.04. The largest absolute Gasteiger partial charge is 0.366 e. The molecule has 1 aromatic rings. The Balaban J connectivity index is 2.34. The summed E-state index contributed by atoms with van der Waals surface area (Å²) in [6, 6.07) is 5.80. The number of nitriles is 1. The highest BCUT2D eigenvalue weighted by molar-refractivity contribution is 5.35. The molecule has 1 aliphatic heterocycles. The molecule has 5 heteroatoms. The third-order valence-electron chi connectivity index (χ3n) is 2.59. The first-order valence-electron chi connectivity index (χ1n) is 4.88. The summed E-state index contributed by atoms with van der Waals surface area (Å²) >= 11 is 0. The van der Waals surface area contributed by atoms with Gasteiger partial charge in [-0.15, -0.1) is 0 Å². The molecule has 1 N–H and O–H groups in total. The molecule has 2 rings (SSSR count). The molecule has 16 heavy (non-hydrogen) atoms. The molecule has 0 amide bonds. The van der Waals surface area contributed by atoms with Crippen molar-refractivity contribution in [2.24, 2.45) is 0 Å². The van der Waals surface area contributed by atoms with Crippen LogP contribution in [0.3, 0.4) is 0 Å². The van der Waals surface area contributed by atoms with E-state index in [1.807, 2.05) is 6.07 Å². The minimum absolute atomic E-state index is 0.224. The summed E-state index contributed by atoms with van der Waals surface area (Å²) in [6.07, 6.45) is -0.506. The summed E-state index contributed by atoms with van der Waals surface area (Å²) in [6.45, 7) is 0. The number of hydroxylamine groups is 2. The number of rotatable bonds is 1. The zero-order valence-electron chi connectivity index (χ0n) is 8.72. The van der Waals surface area contributed by atoms with Crippen molar-refractivity contribution >= 4 is 0 Å². The van der Waals surface area contributed by atoms with Crippen LogP contribution in [0.1, 0.15) is 23.6 Å². The first-order valence-corrected chi connectivity index (χ1v) is 4.88. The zero-order valence-corrected chi connectivity index (χ0v) is 8.72. The average Bonchev–Trinajstić information content (AvgIpc) is 2.57. The first-order chi connectivity index (χ1) is 7.60. The third-order valence-corrected chi connectivity index (χ3v) is 2.59. The molecule has 0 spiro atoms. The van der Waals surface area contributed by atoms with Crippen LogP contribution in [0.2, 0.25) is 0 Å². The normalized spacial score (nSPS) is 25.6. The number of halogens is 1. The van der Waals surface area contributed by atoms with Gasteiger partial charge in [-0.3, -0.25) is 4.84 Å². The van der Waals surface area contributed by atoms with E-state index in [2.05, 4.69) is 0 Å². The fourth-order valence-corrected chi connectivity index (χ4v) is 1.86. The molecule has 4 nitrogen and oxygen atoms in total. The van der Waals surface area contributed by atoms with Gasteiger partial charge in [0.05, 0.1) is 17.7 Å². The summed E-state index contributed by atoms with van der Waals surface area (Å²) < 4.78 is 13.2. The first kappa shape index (κ1) is 11.0. The molecule has 1 saturated heterocycles. The van der Waals surface area contributed by atoms with Crippen molar-refractivity contribution < 1.29 is 14.3 Å². The molecule has 1 aliphatic rings. The van der Waals surface area contributed by atoms with Crippen LogP contribution in [0.4, 0.5) is 4.39 Å². The van der Waals surface area contributed by atoms with Gasteiger partial charge in [0, 0.05) is 13.5 Å². The van der Waals surface area contributed by atoms with Crippen LogP contribution >= 0.6 is 0 Å². The van der Waals surface area contributed by atoms with Crippen LogP contribution in [0.15, 0.2) is 18.2 Å². The van der Waals surface area contributed by atoms with Gasteiger partial charge in [0.25, 0.3) is 0 Å². The Morgan fingerprint density at radius 1 is 1.56 bits per heavy atom. The van der Waals surface area contributed by atoms with E-state index in [1.54, 1.807) is 13.1 Å². The summed E-state index contributed by atoms with van der Waals surface area (Å²) in [5, 5.41) is 19.5. The fourth-order valence-electron chi connectivity index (χ4n) is 1.86. The second kappa shape index (κ2) is 4.18. The Morgan fingerprint density at radius 3 is 2.88 bits per heavy atom. The van der Waals surface area contributed by atoms with Gasteiger partial charge < -0.3 is 5.11 Å². The van der Waals surface area contributed by atoms with Crippen molar-refractivity contribution in [2.75, 3.05) is 7.05 Å². The van der Waals surface area contributed by atoms with E-state index < -0.39 is 12.1 Å². The zero-order chi connectivity index (χ0) is 11.7. The van der Waals surface area contributed by atoms with E-state index in [4.69, 9.17) is 10.1 Å². The fraction of sp³-hybridized carbons (Fsp3) is 0.364. The Bertz CT molecular complexity index is 444. The molecule has 0 bridgehead atoms. The maximum absolute atomic E-state index is 13.2. The number of aliphatic hydroxyl groups excluding tert-OH is 1. The number of aliphatic hydroxyl groups is 1. The van der Waals surface area contributed by atoms with Crippen molar-refractivity contribution in [3.63, 3.8) is 0 Å². The van der Waals surface area contributed by atoms with E-state index in [0.29, 0.717) is 12.0 Å². The smallest absolute Gasteiger partial charge is 0.176 e. The van der Waals surface area contributed by atoms with Gasteiger partial charge in [-0.25, -0.2) is 4.39 Å². The van der Waals surface area contributed by atoms with E-state index in [1.165, 1.54) is 17.2 Å². The van der Waals surface area contributed by atoms with Crippen molar-refractivity contribution in [1.82, 2.24) is 5.06 Å². The molecule has 0 radical (unpaired) electrons. The lowest BCUT2D eigenvalue weighted by atomic mass is 10.0. The number of hydrogen-bond acceptors (Lipinski definition) is 4. The van der Waals surface area contributed by atoms with E-state index >= 15 is 0 Å². The van der Waals surface area contributed by atoms with Gasteiger partial charge in [-0.2, -0.15) is 10.3 Å². The maximum Gasteiger partial charge on any atom is 0.176 e. The van der Waals surface area contributed by atoms with E-state index in [0.717, 1.165) is 0 Å². The predicted molar refractivity (Wildman–Crippen MR) is 53.3 cm³/mol. The van der Waals surface area contributed by atoms with E-state index in [-0.39, 0.29) is 11.6 Å². The van der Waals surface area contributed by atoms with Gasteiger partial charge in [0.1, 0.15) is 5.82 Å². The SMILES string of the molecule is CN1OC(O)C[C@H]1c1cc(F)cc(C#N)c1. The lowest BCUT2D eigenvalue weighted by Crippen LogP contribution is -2.17. The molecule has 0 aliphatic carbocycles. The van der Waals surface area contributed by atoms with Gasteiger partial charge in [-0.05, 0) is 23.8 Å². The van der Waals surface area contributed by atoms with Crippen molar-refractivity contribution in [2.45, 2.75) is 18.8 Å². The van der Waals surface area contributed by atoms with Crippen LogP contribution in [0.25, 0.3) is 0 Å². The Kier molecular flexibility index (Phi) is 2.88. The highest BCUT2D eigenvalue weighted by Crippen LogP contribution is 2.32. The molecule has 1 unspecified atom stereocenters. The van der Waals surface area contributed by atoms with Gasteiger partial charge >= 0.3 is 0 Å². The van der Waals surface area contributed by atoms with Crippen LogP contribution in [-0.4, -0.2) is 23.5 Å². The Hall–Kier alpha value is -1.48. The lowest BCUT2D eigenvalue weighted by molar-refractivity contribution is -0.208. The molecular weight excluding hydrogens is 211 g/mol. The minimum Gasteiger partial charge on any atom is -0.366 e. The van der Waals surface area contributed by atoms with Gasteiger partial charge in [0.15, 0.2) is 6.29 Å². The van der Waals surface area contributed by atoms with Crippen LogP contribution in [0.5, 0.6) is 0 Å². The van der Waals surface area contributed by atoms with Gasteiger partial charge in [-0.1, -0.05) is 0 Å². The van der Waals surface area contributed by atoms with Crippen LogP contribution in [0, 0.1) is 17.1 Å². The quantitative estimate of drug-likeness (QED) is 0.778. The molecule has 0 aromatic heterocycles. The summed E-state index contributed by atoms with van der Waals surface area (Å²) in [5.41, 5.74) is 0.903. The standard InChI is InChI=1S/C11H11FN2O2/c1-14-10(5-11(15)16-14)8-2-7(6-13)3-9(12)4-8/h2-4,10-11,15H,5H2,1H3/t10-,11?/m0/s1. The highest BCUT2D eigenvalue weighted by atomic mass is 19.1. The molecular formula is C11H11FN2O2. The maximum atomic E-state index is 13.2. The predicted octanol–water partition coefficient (Wildman–Crippen LogP) is 1.32. The summed E-state index contributed by atoms with van der Waals surface area (Å²) in [4.78, 5) is 5.03. The lowest BCUT2D eigenvalue weighted by Gasteiger charge is -2.17. The van der Waals surface area contributed by atoms with Crippen molar-refractivity contribution in [1.29, 1.82) is 5.26 Å². The molecule has 0 saturated carbocycles. The summed E-state index contributed by atoms with van der Waals surface area (Å²) in [7, 11) is 1.66.